The Balaban J connectivity index is 2.11. The molecule has 0 saturated heterocycles. The second-order valence-corrected chi connectivity index (χ2v) is 4.66. The maximum absolute atomic E-state index is 5.77. The standard InChI is InChI=1S/C12H20N4/c1-9(13)6-7-16(2)12-10-4-3-5-11(10)14-8-15-12/h8-9H,3-7,13H2,1-2H3. The van der Waals surface area contributed by atoms with Crippen molar-refractivity contribution in [3.63, 3.8) is 0 Å². The summed E-state index contributed by atoms with van der Waals surface area (Å²) in [6, 6.07) is 0.248. The molecule has 4 nitrogen and oxygen atoms in total. The SMILES string of the molecule is CC(N)CCN(C)c1ncnc2c1CCC2. The predicted octanol–water partition coefficient (Wildman–Crippen LogP) is 1.14. The molecule has 1 aliphatic carbocycles. The van der Waals surface area contributed by atoms with E-state index in [-0.39, 0.29) is 6.04 Å². The van der Waals surface area contributed by atoms with Gasteiger partial charge in [-0.2, -0.15) is 0 Å². The van der Waals surface area contributed by atoms with E-state index in [1.54, 1.807) is 6.33 Å². The lowest BCUT2D eigenvalue weighted by Crippen LogP contribution is -2.27. The van der Waals surface area contributed by atoms with Gasteiger partial charge < -0.3 is 10.6 Å². The van der Waals surface area contributed by atoms with Crippen LogP contribution in [0.5, 0.6) is 0 Å². The highest BCUT2D eigenvalue weighted by atomic mass is 15.2. The fraction of sp³-hybridized carbons (Fsp3) is 0.667. The predicted molar refractivity (Wildman–Crippen MR) is 65.6 cm³/mol. The summed E-state index contributed by atoms with van der Waals surface area (Å²) in [5.74, 6) is 1.10. The van der Waals surface area contributed by atoms with Gasteiger partial charge in [0.25, 0.3) is 0 Å². The third-order valence-electron chi connectivity index (χ3n) is 3.13. The highest BCUT2D eigenvalue weighted by Gasteiger charge is 2.19. The summed E-state index contributed by atoms with van der Waals surface area (Å²) >= 11 is 0. The molecular weight excluding hydrogens is 200 g/mol. The van der Waals surface area contributed by atoms with Crippen LogP contribution in [0.4, 0.5) is 5.82 Å². The van der Waals surface area contributed by atoms with Crippen LogP contribution < -0.4 is 10.6 Å². The first-order chi connectivity index (χ1) is 7.68. The minimum absolute atomic E-state index is 0.248. The van der Waals surface area contributed by atoms with Gasteiger partial charge >= 0.3 is 0 Å². The fourth-order valence-electron chi connectivity index (χ4n) is 2.17. The molecule has 4 heteroatoms. The van der Waals surface area contributed by atoms with E-state index < -0.39 is 0 Å². The van der Waals surface area contributed by atoms with Crippen LogP contribution in [0.15, 0.2) is 6.33 Å². The molecule has 1 aliphatic rings. The molecule has 0 aromatic carbocycles. The van der Waals surface area contributed by atoms with Crippen LogP contribution in [0.3, 0.4) is 0 Å². The summed E-state index contributed by atoms with van der Waals surface area (Å²) in [6.07, 6.45) is 6.11. The minimum atomic E-state index is 0.248. The minimum Gasteiger partial charge on any atom is -0.359 e. The summed E-state index contributed by atoms with van der Waals surface area (Å²) in [7, 11) is 2.09. The third-order valence-corrected chi connectivity index (χ3v) is 3.13. The molecular formula is C12H20N4. The molecule has 2 rings (SSSR count). The number of rotatable bonds is 4. The van der Waals surface area contributed by atoms with Gasteiger partial charge in [-0.15, -0.1) is 0 Å². The number of nitrogens with two attached hydrogens (primary N) is 1. The van der Waals surface area contributed by atoms with Crippen LogP contribution in [0.2, 0.25) is 0 Å². The molecule has 16 heavy (non-hydrogen) atoms. The molecule has 0 fully saturated rings. The average molecular weight is 220 g/mol. The van der Waals surface area contributed by atoms with Crippen molar-refractivity contribution in [2.75, 3.05) is 18.5 Å². The maximum Gasteiger partial charge on any atom is 0.135 e. The van der Waals surface area contributed by atoms with Crippen molar-refractivity contribution in [2.24, 2.45) is 5.73 Å². The number of anilines is 1. The number of aryl methyl sites for hydroxylation is 1. The number of hydrogen-bond acceptors (Lipinski definition) is 4. The molecule has 0 aliphatic heterocycles. The molecule has 0 saturated carbocycles. The van der Waals surface area contributed by atoms with Gasteiger partial charge in [0.2, 0.25) is 0 Å². The van der Waals surface area contributed by atoms with E-state index >= 15 is 0 Å². The molecule has 88 valence electrons. The van der Waals surface area contributed by atoms with E-state index in [2.05, 4.69) is 21.9 Å². The van der Waals surface area contributed by atoms with Gasteiger partial charge in [-0.3, -0.25) is 0 Å². The molecule has 0 radical (unpaired) electrons. The van der Waals surface area contributed by atoms with E-state index in [1.807, 2.05) is 6.92 Å². The topological polar surface area (TPSA) is 55.0 Å². The van der Waals surface area contributed by atoms with Crippen molar-refractivity contribution in [3.05, 3.63) is 17.6 Å². The van der Waals surface area contributed by atoms with Crippen molar-refractivity contribution in [2.45, 2.75) is 38.6 Å². The smallest absolute Gasteiger partial charge is 0.135 e. The van der Waals surface area contributed by atoms with Gasteiger partial charge in [0.1, 0.15) is 12.1 Å². The van der Waals surface area contributed by atoms with E-state index in [9.17, 15) is 0 Å². The van der Waals surface area contributed by atoms with Gasteiger partial charge in [-0.05, 0) is 32.6 Å². The first kappa shape index (κ1) is 11.3. The number of fused-ring (bicyclic) bond motifs is 1. The summed E-state index contributed by atoms with van der Waals surface area (Å²) in [5, 5.41) is 0. The Kier molecular flexibility index (Phi) is 3.39. The normalized spacial score (nSPS) is 15.9. The zero-order valence-electron chi connectivity index (χ0n) is 10.1. The van der Waals surface area contributed by atoms with Gasteiger partial charge in [0, 0.05) is 30.9 Å². The zero-order valence-corrected chi connectivity index (χ0v) is 10.1. The molecule has 0 spiro atoms. The van der Waals surface area contributed by atoms with E-state index in [0.717, 1.165) is 31.6 Å². The second kappa shape index (κ2) is 4.78. The Hall–Kier alpha value is -1.16. The Morgan fingerprint density at radius 3 is 3.00 bits per heavy atom. The molecule has 2 N–H and O–H groups in total. The Morgan fingerprint density at radius 2 is 2.25 bits per heavy atom. The van der Waals surface area contributed by atoms with E-state index in [0.29, 0.717) is 0 Å². The molecule has 1 atom stereocenters. The fourth-order valence-corrected chi connectivity index (χ4v) is 2.17. The van der Waals surface area contributed by atoms with Gasteiger partial charge in [-0.25, -0.2) is 9.97 Å². The van der Waals surface area contributed by atoms with Crippen LogP contribution in [0, 0.1) is 0 Å². The summed E-state index contributed by atoms with van der Waals surface area (Å²) in [5.41, 5.74) is 8.35. The van der Waals surface area contributed by atoms with Crippen molar-refractivity contribution >= 4 is 5.82 Å². The summed E-state index contributed by atoms with van der Waals surface area (Å²) in [6.45, 7) is 3.00. The van der Waals surface area contributed by atoms with Crippen molar-refractivity contribution in [3.8, 4) is 0 Å². The molecule has 1 heterocycles. The Labute approximate surface area is 96.9 Å². The lowest BCUT2D eigenvalue weighted by molar-refractivity contribution is 0.655. The van der Waals surface area contributed by atoms with Crippen LogP contribution in [-0.2, 0) is 12.8 Å². The zero-order chi connectivity index (χ0) is 11.5. The second-order valence-electron chi connectivity index (χ2n) is 4.66. The van der Waals surface area contributed by atoms with Gasteiger partial charge in [0.15, 0.2) is 0 Å². The molecule has 1 aromatic heterocycles. The first-order valence-corrected chi connectivity index (χ1v) is 5.98. The lowest BCUT2D eigenvalue weighted by atomic mass is 10.2. The highest BCUT2D eigenvalue weighted by molar-refractivity contribution is 5.49. The monoisotopic (exact) mass is 220 g/mol. The van der Waals surface area contributed by atoms with Crippen molar-refractivity contribution in [1.29, 1.82) is 0 Å². The lowest BCUT2D eigenvalue weighted by Gasteiger charge is -2.21. The number of aromatic nitrogens is 2. The van der Waals surface area contributed by atoms with Crippen LogP contribution in [0.25, 0.3) is 0 Å². The van der Waals surface area contributed by atoms with Gasteiger partial charge in [0.05, 0.1) is 0 Å². The highest BCUT2D eigenvalue weighted by Crippen LogP contribution is 2.27. The van der Waals surface area contributed by atoms with Crippen molar-refractivity contribution in [1.82, 2.24) is 9.97 Å². The first-order valence-electron chi connectivity index (χ1n) is 5.98. The van der Waals surface area contributed by atoms with Crippen LogP contribution >= 0.6 is 0 Å². The van der Waals surface area contributed by atoms with Crippen molar-refractivity contribution < 1.29 is 0 Å². The maximum atomic E-state index is 5.77. The Morgan fingerprint density at radius 1 is 1.44 bits per heavy atom. The summed E-state index contributed by atoms with van der Waals surface area (Å²) in [4.78, 5) is 10.9. The van der Waals surface area contributed by atoms with Crippen LogP contribution in [-0.4, -0.2) is 29.6 Å². The van der Waals surface area contributed by atoms with E-state index in [4.69, 9.17) is 5.73 Å². The molecule has 0 bridgehead atoms. The molecule has 0 amide bonds. The number of hydrogen-bond donors (Lipinski definition) is 1. The van der Waals surface area contributed by atoms with E-state index in [1.165, 1.54) is 17.7 Å². The molecule has 1 unspecified atom stereocenters. The third kappa shape index (κ3) is 2.32. The van der Waals surface area contributed by atoms with Gasteiger partial charge in [-0.1, -0.05) is 0 Å². The average Bonchev–Trinajstić information content (AvgIpc) is 2.73. The Bertz CT molecular complexity index is 362. The van der Waals surface area contributed by atoms with Crippen LogP contribution in [0.1, 0.15) is 31.0 Å². The quantitative estimate of drug-likeness (QED) is 0.826. The molecule has 1 aromatic rings. The summed E-state index contributed by atoms with van der Waals surface area (Å²) < 4.78 is 0. The number of nitrogens with zero attached hydrogens (tertiary/aromatic N) is 3. The largest absolute Gasteiger partial charge is 0.359 e.